The van der Waals surface area contributed by atoms with Crippen molar-refractivity contribution < 1.29 is 18.0 Å². The van der Waals surface area contributed by atoms with Crippen molar-refractivity contribution in [2.24, 2.45) is 22.6 Å². The molecule has 1 aromatic rings. The maximum atomic E-state index is 13.0. The van der Waals surface area contributed by atoms with Gasteiger partial charge >= 0.3 is 6.18 Å². The molecular formula is C28H42F3N5OS. The van der Waals surface area contributed by atoms with Crippen molar-refractivity contribution >= 4 is 23.7 Å². The van der Waals surface area contributed by atoms with Crippen LogP contribution in [0.5, 0.6) is 0 Å². The number of benzene rings is 1. The Hall–Kier alpha value is -1.62. The fraction of sp³-hybridized carbons (Fsp3) is 0.714. The molecule has 1 aromatic carbocycles. The fourth-order valence-corrected chi connectivity index (χ4v) is 7.22. The van der Waals surface area contributed by atoms with Crippen LogP contribution in [-0.2, 0) is 17.8 Å². The first kappa shape index (κ1) is 29.4. The molecule has 1 amide bonds. The number of nitrogens with two attached hydrogens (primary N) is 1. The molecule has 1 aliphatic carbocycles. The Balaban J connectivity index is 1.23. The lowest BCUT2D eigenvalue weighted by molar-refractivity contribution is -0.138. The third-order valence-corrected chi connectivity index (χ3v) is 9.59. The maximum absolute atomic E-state index is 13.0. The number of amidine groups is 1. The Morgan fingerprint density at radius 2 is 1.82 bits per heavy atom. The third-order valence-electron chi connectivity index (χ3n) is 8.47. The van der Waals surface area contributed by atoms with Crippen LogP contribution in [-0.4, -0.2) is 53.3 Å². The topological polar surface area (TPSA) is 82.8 Å². The van der Waals surface area contributed by atoms with Gasteiger partial charge in [0.15, 0.2) is 0 Å². The molecule has 38 heavy (non-hydrogen) atoms. The number of alkyl halides is 3. The van der Waals surface area contributed by atoms with Gasteiger partial charge in [-0.15, -0.1) is 0 Å². The Labute approximate surface area is 228 Å². The highest BCUT2D eigenvalue weighted by Crippen LogP contribution is 2.38. The fourth-order valence-electron chi connectivity index (χ4n) is 6.22. The van der Waals surface area contributed by atoms with Crippen molar-refractivity contribution in [3.63, 3.8) is 0 Å². The van der Waals surface area contributed by atoms with Gasteiger partial charge in [0.2, 0.25) is 0 Å². The van der Waals surface area contributed by atoms with Crippen molar-refractivity contribution in [2.75, 3.05) is 25.5 Å². The smallest absolute Gasteiger partial charge is 0.318 e. The van der Waals surface area contributed by atoms with Crippen LogP contribution in [0.2, 0.25) is 0 Å². The van der Waals surface area contributed by atoms with Gasteiger partial charge in [-0.1, -0.05) is 24.1 Å². The summed E-state index contributed by atoms with van der Waals surface area (Å²) in [5, 5.41) is 6.23. The minimum Gasteiger partial charge on any atom is -0.318 e. The van der Waals surface area contributed by atoms with E-state index in [-0.39, 0.29) is 24.2 Å². The predicted molar refractivity (Wildman–Crippen MR) is 148 cm³/mol. The molecule has 0 bridgehead atoms. The first-order valence-electron chi connectivity index (χ1n) is 13.9. The van der Waals surface area contributed by atoms with Crippen LogP contribution < -0.4 is 16.4 Å². The molecule has 1 saturated carbocycles. The molecule has 2 fully saturated rings. The first-order chi connectivity index (χ1) is 18.1. The van der Waals surface area contributed by atoms with Crippen LogP contribution in [0.25, 0.3) is 0 Å². The van der Waals surface area contributed by atoms with Crippen LogP contribution in [0.15, 0.2) is 17.1 Å². The molecule has 1 spiro atoms. The number of aryl methyl sites for hydroxylation is 2. The number of nitrogens with zero attached hydrogens (tertiary/aromatic N) is 2. The van der Waals surface area contributed by atoms with Gasteiger partial charge in [0.1, 0.15) is 11.4 Å². The van der Waals surface area contributed by atoms with Crippen molar-refractivity contribution in [3.8, 4) is 0 Å². The zero-order valence-corrected chi connectivity index (χ0v) is 23.4. The van der Waals surface area contributed by atoms with Gasteiger partial charge < -0.3 is 16.4 Å². The van der Waals surface area contributed by atoms with E-state index in [1.54, 1.807) is 0 Å². The average molecular weight is 554 g/mol. The Bertz CT molecular complexity index is 976. The summed E-state index contributed by atoms with van der Waals surface area (Å²) in [6, 6.07) is 4.48. The molecule has 2 heterocycles. The Morgan fingerprint density at radius 3 is 2.42 bits per heavy atom. The van der Waals surface area contributed by atoms with Crippen molar-refractivity contribution in [1.82, 2.24) is 14.9 Å². The van der Waals surface area contributed by atoms with E-state index in [9.17, 15) is 18.0 Å². The third kappa shape index (κ3) is 7.52. The van der Waals surface area contributed by atoms with Crippen molar-refractivity contribution in [1.29, 1.82) is 0 Å². The van der Waals surface area contributed by atoms with Gasteiger partial charge in [-0.05, 0) is 93.4 Å². The van der Waals surface area contributed by atoms with E-state index in [0.717, 1.165) is 63.3 Å². The maximum Gasteiger partial charge on any atom is 0.389 e. The average Bonchev–Trinajstić information content (AvgIpc) is 3.19. The Kier molecular flexibility index (Phi) is 9.82. The monoisotopic (exact) mass is 553 g/mol. The second kappa shape index (κ2) is 12.7. The molecule has 0 aromatic heterocycles. The van der Waals surface area contributed by atoms with Crippen molar-refractivity contribution in [2.45, 2.75) is 89.9 Å². The number of hydrogen-bond donors (Lipinski definition) is 3. The molecule has 3 aliphatic rings. The summed E-state index contributed by atoms with van der Waals surface area (Å²) in [7, 11) is 0. The van der Waals surface area contributed by atoms with Gasteiger partial charge in [0, 0.05) is 44.4 Å². The van der Waals surface area contributed by atoms with Crippen LogP contribution >= 0.6 is 11.9 Å². The van der Waals surface area contributed by atoms with E-state index >= 15 is 0 Å². The van der Waals surface area contributed by atoms with E-state index in [4.69, 9.17) is 10.7 Å². The second-order valence-electron chi connectivity index (χ2n) is 11.2. The number of piperidine rings is 1. The van der Waals surface area contributed by atoms with E-state index in [0.29, 0.717) is 19.5 Å². The van der Waals surface area contributed by atoms with Gasteiger partial charge in [0.25, 0.3) is 5.91 Å². The normalized spacial score (nSPS) is 24.1. The molecular weight excluding hydrogens is 511 g/mol. The Morgan fingerprint density at radius 1 is 1.16 bits per heavy atom. The molecule has 0 radical (unpaired) electrons. The summed E-state index contributed by atoms with van der Waals surface area (Å²) >= 11 is 1.85. The lowest BCUT2D eigenvalue weighted by atomic mass is 9.79. The molecule has 4 N–H and O–H groups in total. The van der Waals surface area contributed by atoms with Gasteiger partial charge in [-0.3, -0.25) is 14.1 Å². The number of amides is 1. The second-order valence-corrected chi connectivity index (χ2v) is 12.4. The van der Waals surface area contributed by atoms with Crippen LogP contribution in [0.4, 0.5) is 13.2 Å². The zero-order valence-electron chi connectivity index (χ0n) is 22.6. The highest BCUT2D eigenvalue weighted by Gasteiger charge is 2.47. The summed E-state index contributed by atoms with van der Waals surface area (Å²) in [4.78, 5) is 17.9. The lowest BCUT2D eigenvalue weighted by Crippen LogP contribution is -2.47. The highest BCUT2D eigenvalue weighted by molar-refractivity contribution is 7.97. The van der Waals surface area contributed by atoms with Crippen LogP contribution in [0.1, 0.15) is 73.6 Å². The number of carbonyl (C=O) groups excluding carboxylic acids is 1. The van der Waals surface area contributed by atoms with E-state index in [2.05, 4.69) is 40.9 Å². The summed E-state index contributed by atoms with van der Waals surface area (Å²) < 4.78 is 40.0. The standard InChI is InChI=1S/C28H42F3N5OS/c1-19-15-22(17-33-18-32)16-20(2)24(19)8-14-38-36-12-10-27(11-13-36)26(37)34-25(35-27)23-5-3-21(4-6-23)7-9-28(29,30)31/h15-16,21,23,33H,3-14,17-18,32H2,1-2H3,(H,34,35,37). The molecule has 212 valence electrons. The molecule has 10 heteroatoms. The van der Waals surface area contributed by atoms with Crippen molar-refractivity contribution in [3.05, 3.63) is 34.4 Å². The minimum atomic E-state index is -4.08. The van der Waals surface area contributed by atoms with Crippen LogP contribution in [0.3, 0.4) is 0 Å². The summed E-state index contributed by atoms with van der Waals surface area (Å²) in [5.74, 6) is 2.07. The summed E-state index contributed by atoms with van der Waals surface area (Å²) in [5.41, 5.74) is 10.2. The number of rotatable bonds is 10. The number of hydrogen-bond acceptors (Lipinski definition) is 6. The minimum absolute atomic E-state index is 0.00631. The van der Waals surface area contributed by atoms with Gasteiger partial charge in [0.05, 0.1) is 0 Å². The molecule has 0 unspecified atom stereocenters. The highest BCUT2D eigenvalue weighted by atomic mass is 32.2. The van der Waals surface area contributed by atoms with Gasteiger partial charge in [-0.25, -0.2) is 0 Å². The molecule has 1 saturated heterocycles. The van der Waals surface area contributed by atoms with E-state index in [1.165, 1.54) is 22.3 Å². The summed E-state index contributed by atoms with van der Waals surface area (Å²) in [6.45, 7) is 7.24. The lowest BCUT2D eigenvalue weighted by Gasteiger charge is -2.34. The quantitative estimate of drug-likeness (QED) is 0.280. The molecule has 6 nitrogen and oxygen atoms in total. The number of halogens is 3. The SMILES string of the molecule is Cc1cc(CNCN)cc(C)c1CCSN1CCC2(CC1)N=C(C1CCC(CCC(F)(F)F)CC1)NC2=O. The largest absolute Gasteiger partial charge is 0.389 e. The van der Waals surface area contributed by atoms with Gasteiger partial charge in [-0.2, -0.15) is 13.2 Å². The number of aliphatic imine (C=N–C) groups is 1. The zero-order chi connectivity index (χ0) is 27.3. The van der Waals surface area contributed by atoms with Crippen LogP contribution in [0, 0.1) is 25.7 Å². The van der Waals surface area contributed by atoms with E-state index in [1.807, 2.05) is 11.9 Å². The summed E-state index contributed by atoms with van der Waals surface area (Å²) in [6.07, 6.45) is 1.02. The molecule has 4 rings (SSSR count). The number of nitrogens with one attached hydrogen (secondary N) is 2. The number of carbonyl (C=O) groups is 1. The molecule has 0 atom stereocenters. The van der Waals surface area contributed by atoms with E-state index < -0.39 is 18.1 Å². The predicted octanol–water partition coefficient (Wildman–Crippen LogP) is 5.01. The first-order valence-corrected chi connectivity index (χ1v) is 14.9. The molecule has 2 aliphatic heterocycles.